The van der Waals surface area contributed by atoms with Crippen LogP contribution in [0.3, 0.4) is 0 Å². The number of benzene rings is 1. The highest BCUT2D eigenvalue weighted by molar-refractivity contribution is 9.16. The predicted octanol–water partition coefficient (Wildman–Crippen LogP) is 3.51. The number of allylic oxidation sites excluding steroid dienone is 1. The molecule has 1 aliphatic heterocycles. The maximum absolute atomic E-state index is 12.8. The fourth-order valence-corrected chi connectivity index (χ4v) is 3.50. The van der Waals surface area contributed by atoms with Crippen LogP contribution in [0.5, 0.6) is 11.5 Å². The first kappa shape index (κ1) is 16.3. The van der Waals surface area contributed by atoms with E-state index in [2.05, 4.69) is 31.9 Å². The zero-order chi connectivity index (χ0) is 17.7. The van der Waals surface area contributed by atoms with Crippen LogP contribution in [0.4, 0.5) is 0 Å². The van der Waals surface area contributed by atoms with Gasteiger partial charge in [0.05, 0.1) is 20.1 Å². The second kappa shape index (κ2) is 5.96. The maximum Gasteiger partial charge on any atom is 0.241 e. The van der Waals surface area contributed by atoms with Gasteiger partial charge in [-0.05, 0) is 50.1 Å². The van der Waals surface area contributed by atoms with Crippen LogP contribution in [0.15, 0.2) is 33.4 Å². The summed E-state index contributed by atoms with van der Waals surface area (Å²) in [5, 5.41) is 0. The van der Waals surface area contributed by atoms with Crippen molar-refractivity contribution in [3.05, 3.63) is 51.4 Å². The van der Waals surface area contributed by atoms with E-state index in [1.807, 2.05) is 0 Å². The molecule has 8 heteroatoms. The molecule has 0 N–H and O–H groups in total. The van der Waals surface area contributed by atoms with Crippen LogP contribution in [0.25, 0.3) is 4.48 Å². The SMILES string of the molecule is O=C1C(=O)c2c(C(=O)c3ccc4c(c3)OCCO4)coc2C(Br)=C1Br. The van der Waals surface area contributed by atoms with Gasteiger partial charge in [-0.2, -0.15) is 0 Å². The number of rotatable bonds is 2. The summed E-state index contributed by atoms with van der Waals surface area (Å²) in [5.74, 6) is -0.811. The van der Waals surface area contributed by atoms with Crippen molar-refractivity contribution in [1.82, 2.24) is 0 Å². The first-order valence-electron chi connectivity index (χ1n) is 7.19. The normalized spacial score (nSPS) is 16.1. The summed E-state index contributed by atoms with van der Waals surface area (Å²) < 4.78 is 16.6. The summed E-state index contributed by atoms with van der Waals surface area (Å²) in [7, 11) is 0. The average molecular weight is 468 g/mol. The van der Waals surface area contributed by atoms with Gasteiger partial charge in [-0.25, -0.2) is 0 Å². The van der Waals surface area contributed by atoms with Crippen LogP contribution >= 0.6 is 31.9 Å². The van der Waals surface area contributed by atoms with Crippen molar-refractivity contribution in [3.8, 4) is 11.5 Å². The molecule has 0 atom stereocenters. The number of carbonyl (C=O) groups excluding carboxylic acids is 3. The second-order valence-corrected chi connectivity index (χ2v) is 6.91. The molecule has 2 heterocycles. The van der Waals surface area contributed by atoms with Gasteiger partial charge in [-0.3, -0.25) is 14.4 Å². The van der Waals surface area contributed by atoms with Crippen LogP contribution < -0.4 is 9.47 Å². The number of ether oxygens (including phenoxy) is 2. The third kappa shape index (κ3) is 2.47. The summed E-state index contributed by atoms with van der Waals surface area (Å²) in [6.07, 6.45) is 1.18. The smallest absolute Gasteiger partial charge is 0.241 e. The van der Waals surface area contributed by atoms with E-state index in [0.29, 0.717) is 34.8 Å². The average Bonchev–Trinajstić information content (AvgIpc) is 3.08. The Morgan fingerprint density at radius 2 is 1.68 bits per heavy atom. The molecule has 1 aromatic carbocycles. The molecule has 25 heavy (non-hydrogen) atoms. The highest BCUT2D eigenvalue weighted by Gasteiger charge is 2.37. The molecule has 0 radical (unpaired) electrons. The number of halogens is 2. The van der Waals surface area contributed by atoms with Crippen molar-refractivity contribution in [2.75, 3.05) is 13.2 Å². The Morgan fingerprint density at radius 1 is 0.960 bits per heavy atom. The van der Waals surface area contributed by atoms with Gasteiger partial charge in [-0.15, -0.1) is 0 Å². The van der Waals surface area contributed by atoms with Crippen molar-refractivity contribution in [3.63, 3.8) is 0 Å². The van der Waals surface area contributed by atoms with E-state index in [1.54, 1.807) is 18.2 Å². The van der Waals surface area contributed by atoms with E-state index < -0.39 is 17.3 Å². The monoisotopic (exact) mass is 466 g/mol. The molecule has 0 spiro atoms. The fraction of sp³-hybridized carbons (Fsp3) is 0.118. The number of carbonyl (C=O) groups is 3. The molecule has 6 nitrogen and oxygen atoms in total. The molecule has 0 bridgehead atoms. The topological polar surface area (TPSA) is 82.8 Å². The van der Waals surface area contributed by atoms with Gasteiger partial charge in [0.2, 0.25) is 11.6 Å². The molecule has 126 valence electrons. The summed E-state index contributed by atoms with van der Waals surface area (Å²) in [6, 6.07) is 4.75. The molecular formula is C17H8Br2O6. The van der Waals surface area contributed by atoms with E-state index in [1.165, 1.54) is 6.26 Å². The Labute approximate surface area is 158 Å². The number of Topliss-reactive ketones (excluding diaryl/α,β-unsaturated/α-hetero) is 2. The highest BCUT2D eigenvalue weighted by Crippen LogP contribution is 2.40. The standard InChI is InChI=1S/C17H8Br2O6/c18-12-13(19)17-11(15(21)16(12)22)8(6-25-17)14(20)7-1-2-9-10(5-7)24-4-3-23-9/h1-2,5-6H,3-4H2. The second-order valence-electron chi connectivity index (χ2n) is 5.33. The molecule has 0 unspecified atom stereocenters. The lowest BCUT2D eigenvalue weighted by atomic mass is 9.94. The minimum absolute atomic E-state index is 0.0296. The Balaban J connectivity index is 1.80. The van der Waals surface area contributed by atoms with E-state index >= 15 is 0 Å². The maximum atomic E-state index is 12.8. The van der Waals surface area contributed by atoms with E-state index in [4.69, 9.17) is 13.9 Å². The van der Waals surface area contributed by atoms with Gasteiger partial charge < -0.3 is 13.9 Å². The first-order valence-corrected chi connectivity index (χ1v) is 8.78. The molecule has 0 fully saturated rings. The number of fused-ring (bicyclic) bond motifs is 2. The van der Waals surface area contributed by atoms with Crippen molar-refractivity contribution in [2.45, 2.75) is 0 Å². The van der Waals surface area contributed by atoms with Crippen LogP contribution in [0, 0.1) is 0 Å². The quantitative estimate of drug-likeness (QED) is 0.496. The Hall–Kier alpha value is -2.19. The van der Waals surface area contributed by atoms with E-state index in [0.717, 1.165) is 0 Å². The van der Waals surface area contributed by atoms with Gasteiger partial charge in [0.1, 0.15) is 19.5 Å². The molecule has 0 saturated heterocycles. The zero-order valence-corrected chi connectivity index (χ0v) is 15.6. The molecule has 2 aromatic rings. The van der Waals surface area contributed by atoms with Crippen molar-refractivity contribution in [1.29, 1.82) is 0 Å². The molecule has 0 amide bonds. The van der Waals surface area contributed by atoms with Crippen molar-refractivity contribution in [2.24, 2.45) is 0 Å². The Morgan fingerprint density at radius 3 is 2.44 bits per heavy atom. The lowest BCUT2D eigenvalue weighted by Gasteiger charge is -2.18. The largest absolute Gasteiger partial charge is 0.486 e. The highest BCUT2D eigenvalue weighted by atomic mass is 79.9. The van der Waals surface area contributed by atoms with Gasteiger partial charge in [0, 0.05) is 5.56 Å². The van der Waals surface area contributed by atoms with Gasteiger partial charge >= 0.3 is 0 Å². The third-order valence-corrected chi connectivity index (χ3v) is 5.91. The zero-order valence-electron chi connectivity index (χ0n) is 12.4. The molecule has 4 rings (SSSR count). The number of hydrogen-bond acceptors (Lipinski definition) is 6. The minimum Gasteiger partial charge on any atom is -0.486 e. The van der Waals surface area contributed by atoms with E-state index in [-0.39, 0.29) is 21.4 Å². The summed E-state index contributed by atoms with van der Waals surface area (Å²) in [5.41, 5.74) is 0.291. The third-order valence-electron chi connectivity index (χ3n) is 3.86. The van der Waals surface area contributed by atoms with Gasteiger partial charge in [0.25, 0.3) is 0 Å². The summed E-state index contributed by atoms with van der Waals surface area (Å²) in [4.78, 5) is 37.2. The first-order chi connectivity index (χ1) is 12.0. The molecular weight excluding hydrogens is 460 g/mol. The predicted molar refractivity (Wildman–Crippen MR) is 93.7 cm³/mol. The number of ketones is 3. The lowest BCUT2D eigenvalue weighted by Crippen LogP contribution is -2.22. The number of furan rings is 1. The number of hydrogen-bond donors (Lipinski definition) is 0. The lowest BCUT2D eigenvalue weighted by molar-refractivity contribution is -0.111. The van der Waals surface area contributed by atoms with Gasteiger partial charge in [0.15, 0.2) is 23.0 Å². The summed E-state index contributed by atoms with van der Waals surface area (Å²) in [6.45, 7) is 0.839. The molecule has 1 aliphatic carbocycles. The van der Waals surface area contributed by atoms with Crippen LogP contribution in [0.2, 0.25) is 0 Å². The van der Waals surface area contributed by atoms with E-state index in [9.17, 15) is 14.4 Å². The fourth-order valence-electron chi connectivity index (χ4n) is 2.66. The van der Waals surface area contributed by atoms with Crippen LogP contribution in [-0.2, 0) is 4.79 Å². The van der Waals surface area contributed by atoms with Crippen LogP contribution in [0.1, 0.15) is 32.0 Å². The summed E-state index contributed by atoms with van der Waals surface area (Å²) >= 11 is 6.26. The van der Waals surface area contributed by atoms with Crippen molar-refractivity contribution >= 4 is 53.7 Å². The van der Waals surface area contributed by atoms with Gasteiger partial charge in [-0.1, -0.05) is 0 Å². The molecule has 1 aromatic heterocycles. The minimum atomic E-state index is -0.792. The van der Waals surface area contributed by atoms with Crippen molar-refractivity contribution < 1.29 is 28.3 Å². The molecule has 0 saturated carbocycles. The van der Waals surface area contributed by atoms with Crippen LogP contribution in [-0.4, -0.2) is 30.6 Å². The Kier molecular flexibility index (Phi) is 3.88. The molecule has 2 aliphatic rings. The Bertz CT molecular complexity index is 985.